The van der Waals surface area contributed by atoms with Gasteiger partial charge in [-0.1, -0.05) is 25.0 Å². The second-order valence-corrected chi connectivity index (χ2v) is 10.8. The highest BCUT2D eigenvalue weighted by Crippen LogP contribution is 2.19. The molecule has 2 heterocycles. The van der Waals surface area contributed by atoms with Crippen LogP contribution in [0.1, 0.15) is 31.5 Å². The van der Waals surface area contributed by atoms with Crippen molar-refractivity contribution in [2.45, 2.75) is 38.0 Å². The summed E-state index contributed by atoms with van der Waals surface area (Å²) in [6.07, 6.45) is 5.50. The number of rotatable bonds is 6. The van der Waals surface area contributed by atoms with E-state index >= 15 is 0 Å². The number of sulfone groups is 1. The Kier molecular flexibility index (Phi) is 7.16. The molecule has 10 heteroatoms. The number of hydrogen-bond acceptors (Lipinski definition) is 5. The van der Waals surface area contributed by atoms with Crippen LogP contribution in [0.4, 0.5) is 16.2 Å². The van der Waals surface area contributed by atoms with E-state index in [1.54, 1.807) is 34.9 Å². The fourth-order valence-corrected chi connectivity index (χ4v) is 4.79. The Morgan fingerprint density at radius 2 is 1.53 bits per heavy atom. The number of nitrogens with one attached hydrogen (secondary N) is 2. The molecule has 0 spiro atoms. The molecule has 0 unspecified atom stereocenters. The predicted molar refractivity (Wildman–Crippen MR) is 132 cm³/mol. The number of imidazole rings is 1. The summed E-state index contributed by atoms with van der Waals surface area (Å²) in [7, 11) is -3.32. The number of carbonyl (C=O) groups excluding carboxylic acids is 2. The molecule has 2 N–H and O–H groups in total. The highest BCUT2D eigenvalue weighted by Gasteiger charge is 2.18. The van der Waals surface area contributed by atoms with Crippen LogP contribution in [-0.4, -0.2) is 54.2 Å². The lowest BCUT2D eigenvalue weighted by Crippen LogP contribution is -2.35. The van der Waals surface area contributed by atoms with Gasteiger partial charge < -0.3 is 20.1 Å². The molecule has 3 amide bonds. The number of nitrogens with zero attached hydrogens (tertiary/aromatic N) is 3. The smallest absolute Gasteiger partial charge is 0.321 e. The van der Waals surface area contributed by atoms with E-state index < -0.39 is 9.84 Å². The van der Waals surface area contributed by atoms with Gasteiger partial charge in [-0.2, -0.15) is 0 Å². The number of likely N-dealkylation sites (tertiary alicyclic amines) is 1. The molecule has 4 rings (SSSR count). The van der Waals surface area contributed by atoms with Crippen LogP contribution in [0.25, 0.3) is 11.0 Å². The molecule has 1 saturated heterocycles. The third-order valence-electron chi connectivity index (χ3n) is 5.74. The van der Waals surface area contributed by atoms with Gasteiger partial charge in [0, 0.05) is 30.7 Å². The SMILES string of the molecule is CS(=O)(=O)Cc1nc2ccccc2n1CC(=O)Nc1ccc(NC(=O)N2CCCCCC2)cc1. The van der Waals surface area contributed by atoms with Gasteiger partial charge in [0.2, 0.25) is 5.91 Å². The van der Waals surface area contributed by atoms with Crippen molar-refractivity contribution in [2.75, 3.05) is 30.0 Å². The zero-order chi connectivity index (χ0) is 24.1. The van der Waals surface area contributed by atoms with Crippen LogP contribution in [0, 0.1) is 0 Å². The first kappa shape index (κ1) is 23.7. The lowest BCUT2D eigenvalue weighted by atomic mass is 10.2. The molecule has 0 saturated carbocycles. The standard InChI is InChI=1S/C24H29N5O4S/c1-34(32,33)17-22-27-20-8-4-5-9-21(20)29(22)16-23(30)25-18-10-12-19(13-11-18)26-24(31)28-14-6-2-3-7-15-28/h4-5,8-13H,2-3,6-7,14-17H2,1H3,(H,25,30)(H,26,31). The summed E-state index contributed by atoms with van der Waals surface area (Å²) in [6, 6.07) is 14.1. The van der Waals surface area contributed by atoms with Crippen molar-refractivity contribution in [1.29, 1.82) is 0 Å². The van der Waals surface area contributed by atoms with Gasteiger partial charge in [0.05, 0.1) is 11.0 Å². The van der Waals surface area contributed by atoms with Gasteiger partial charge in [-0.3, -0.25) is 4.79 Å². The predicted octanol–water partition coefficient (Wildman–Crippen LogP) is 3.63. The van der Waals surface area contributed by atoms with Crippen LogP contribution in [0.5, 0.6) is 0 Å². The van der Waals surface area contributed by atoms with E-state index in [2.05, 4.69) is 15.6 Å². The minimum atomic E-state index is -3.32. The number of para-hydroxylation sites is 2. The highest BCUT2D eigenvalue weighted by atomic mass is 32.2. The Morgan fingerprint density at radius 1 is 0.912 bits per heavy atom. The zero-order valence-corrected chi connectivity index (χ0v) is 20.0. The normalized spacial score (nSPS) is 14.6. The van der Waals surface area contributed by atoms with E-state index in [9.17, 15) is 18.0 Å². The minimum absolute atomic E-state index is 0.0706. The molecule has 3 aromatic rings. The summed E-state index contributed by atoms with van der Waals surface area (Å²) in [5.41, 5.74) is 2.57. The summed E-state index contributed by atoms with van der Waals surface area (Å²) in [6.45, 7) is 1.47. The Balaban J connectivity index is 1.41. The second kappa shape index (κ2) is 10.3. The Bertz CT molecular complexity index is 1280. The minimum Gasteiger partial charge on any atom is -0.325 e. The molecule has 0 bridgehead atoms. The number of benzene rings is 2. The van der Waals surface area contributed by atoms with Gasteiger partial charge in [0.1, 0.15) is 18.1 Å². The number of anilines is 2. The molecule has 1 fully saturated rings. The van der Waals surface area contributed by atoms with Gasteiger partial charge >= 0.3 is 6.03 Å². The third-order valence-corrected chi connectivity index (χ3v) is 6.52. The van der Waals surface area contributed by atoms with Gasteiger partial charge in [0.15, 0.2) is 9.84 Å². The first-order valence-electron chi connectivity index (χ1n) is 11.4. The van der Waals surface area contributed by atoms with E-state index in [-0.39, 0.29) is 24.2 Å². The van der Waals surface area contributed by atoms with Crippen molar-refractivity contribution in [3.05, 3.63) is 54.4 Å². The number of fused-ring (bicyclic) bond motifs is 1. The summed E-state index contributed by atoms with van der Waals surface area (Å²) >= 11 is 0. The third kappa shape index (κ3) is 6.13. The van der Waals surface area contributed by atoms with Gasteiger partial charge in [-0.05, 0) is 49.2 Å². The average Bonchev–Trinajstić information content (AvgIpc) is 2.95. The molecule has 9 nitrogen and oxygen atoms in total. The Morgan fingerprint density at radius 3 is 2.18 bits per heavy atom. The number of amides is 3. The monoisotopic (exact) mass is 483 g/mol. The van der Waals surface area contributed by atoms with E-state index in [0.29, 0.717) is 28.2 Å². The van der Waals surface area contributed by atoms with Crippen LogP contribution in [-0.2, 0) is 26.9 Å². The molecule has 0 atom stereocenters. The molecular formula is C24H29N5O4S. The van der Waals surface area contributed by atoms with Crippen LogP contribution in [0.3, 0.4) is 0 Å². The number of urea groups is 1. The average molecular weight is 484 g/mol. The fourth-order valence-electron chi connectivity index (χ4n) is 4.10. The van der Waals surface area contributed by atoms with Crippen LogP contribution in [0.15, 0.2) is 48.5 Å². The van der Waals surface area contributed by atoms with Crippen LogP contribution < -0.4 is 10.6 Å². The lowest BCUT2D eigenvalue weighted by Gasteiger charge is -2.20. The van der Waals surface area contributed by atoms with Crippen molar-refractivity contribution >= 4 is 44.2 Å². The van der Waals surface area contributed by atoms with Crippen LogP contribution >= 0.6 is 0 Å². The van der Waals surface area contributed by atoms with E-state index in [1.165, 1.54) is 0 Å². The maximum absolute atomic E-state index is 12.8. The van der Waals surface area contributed by atoms with E-state index in [0.717, 1.165) is 45.0 Å². The first-order chi connectivity index (χ1) is 16.3. The molecular weight excluding hydrogens is 454 g/mol. The number of hydrogen-bond donors (Lipinski definition) is 2. The zero-order valence-electron chi connectivity index (χ0n) is 19.2. The Hall–Kier alpha value is -3.40. The second-order valence-electron chi connectivity index (χ2n) is 8.63. The van der Waals surface area contributed by atoms with Crippen molar-refractivity contribution < 1.29 is 18.0 Å². The summed E-state index contributed by atoms with van der Waals surface area (Å²) in [5.74, 6) is -0.231. The quantitative estimate of drug-likeness (QED) is 0.556. The van der Waals surface area contributed by atoms with E-state index in [4.69, 9.17) is 0 Å². The molecule has 1 aliphatic heterocycles. The largest absolute Gasteiger partial charge is 0.325 e. The Labute approximate surface area is 199 Å². The van der Waals surface area contributed by atoms with Gasteiger partial charge in [-0.15, -0.1) is 0 Å². The molecule has 0 radical (unpaired) electrons. The fraction of sp³-hybridized carbons (Fsp3) is 0.375. The molecule has 34 heavy (non-hydrogen) atoms. The topological polar surface area (TPSA) is 113 Å². The maximum atomic E-state index is 12.8. The van der Waals surface area contributed by atoms with Crippen molar-refractivity contribution in [2.24, 2.45) is 0 Å². The summed E-state index contributed by atoms with van der Waals surface area (Å²) in [4.78, 5) is 31.5. The summed E-state index contributed by atoms with van der Waals surface area (Å²) < 4.78 is 25.3. The van der Waals surface area contributed by atoms with Gasteiger partial charge in [-0.25, -0.2) is 18.2 Å². The van der Waals surface area contributed by atoms with Crippen molar-refractivity contribution in [1.82, 2.24) is 14.5 Å². The summed E-state index contributed by atoms with van der Waals surface area (Å²) in [5, 5.41) is 5.74. The van der Waals surface area contributed by atoms with Crippen molar-refractivity contribution in [3.8, 4) is 0 Å². The molecule has 1 aromatic heterocycles. The maximum Gasteiger partial charge on any atom is 0.321 e. The van der Waals surface area contributed by atoms with Crippen LogP contribution in [0.2, 0.25) is 0 Å². The molecule has 2 aromatic carbocycles. The molecule has 0 aliphatic carbocycles. The lowest BCUT2D eigenvalue weighted by molar-refractivity contribution is -0.116. The van der Waals surface area contributed by atoms with Crippen molar-refractivity contribution in [3.63, 3.8) is 0 Å². The highest BCUT2D eigenvalue weighted by molar-refractivity contribution is 7.89. The first-order valence-corrected chi connectivity index (χ1v) is 13.4. The van der Waals surface area contributed by atoms with Gasteiger partial charge in [0.25, 0.3) is 0 Å². The number of carbonyl (C=O) groups is 2. The van der Waals surface area contributed by atoms with E-state index in [1.807, 2.05) is 23.1 Å². The molecule has 180 valence electrons. The number of aromatic nitrogens is 2. The molecule has 1 aliphatic rings.